The van der Waals surface area contributed by atoms with Crippen molar-refractivity contribution in [1.29, 1.82) is 0 Å². The van der Waals surface area contributed by atoms with E-state index < -0.39 is 0 Å². The lowest BCUT2D eigenvalue weighted by Gasteiger charge is -2.33. The van der Waals surface area contributed by atoms with Gasteiger partial charge in [0.1, 0.15) is 0 Å². The molecule has 2 unspecified atom stereocenters. The van der Waals surface area contributed by atoms with Gasteiger partial charge in [0, 0.05) is 30.8 Å². The Morgan fingerprint density at radius 2 is 2.30 bits per heavy atom. The standard InChI is InChI=1S/C16H25ClN2O/c1-12-8-14(17)5-6-15(12)16(9-18)19(2)10-13-4-3-7-20-11-13/h5-6,8,13,16H,3-4,7,9-11,18H2,1-2H3. The predicted molar refractivity (Wildman–Crippen MR) is 84.2 cm³/mol. The highest BCUT2D eigenvalue weighted by atomic mass is 35.5. The van der Waals surface area contributed by atoms with Crippen LogP contribution in [0.4, 0.5) is 0 Å². The number of benzene rings is 1. The Kier molecular flexibility index (Phi) is 5.85. The summed E-state index contributed by atoms with van der Waals surface area (Å²) in [5, 5.41) is 0.783. The van der Waals surface area contributed by atoms with Crippen LogP contribution in [0.5, 0.6) is 0 Å². The summed E-state index contributed by atoms with van der Waals surface area (Å²) < 4.78 is 5.57. The third-order valence-corrected chi connectivity index (χ3v) is 4.38. The molecule has 1 aromatic carbocycles. The lowest BCUT2D eigenvalue weighted by molar-refractivity contribution is 0.0365. The van der Waals surface area contributed by atoms with Crippen LogP contribution in [0.25, 0.3) is 0 Å². The molecule has 3 nitrogen and oxygen atoms in total. The summed E-state index contributed by atoms with van der Waals surface area (Å²) in [5.74, 6) is 0.621. The van der Waals surface area contributed by atoms with Crippen LogP contribution in [-0.4, -0.2) is 38.3 Å². The van der Waals surface area contributed by atoms with Crippen LogP contribution in [0.1, 0.15) is 30.0 Å². The lowest BCUT2D eigenvalue weighted by atomic mass is 9.97. The van der Waals surface area contributed by atoms with Gasteiger partial charge < -0.3 is 10.5 Å². The molecule has 0 bridgehead atoms. The number of likely N-dealkylation sites (N-methyl/N-ethyl adjacent to an activating group) is 1. The zero-order valence-corrected chi connectivity index (χ0v) is 13.2. The van der Waals surface area contributed by atoms with Crippen LogP contribution in [0.2, 0.25) is 5.02 Å². The van der Waals surface area contributed by atoms with E-state index in [1.807, 2.05) is 12.1 Å². The lowest BCUT2D eigenvalue weighted by Crippen LogP contribution is -2.37. The number of rotatable bonds is 5. The third kappa shape index (κ3) is 3.95. The van der Waals surface area contributed by atoms with Gasteiger partial charge in [-0.1, -0.05) is 17.7 Å². The van der Waals surface area contributed by atoms with E-state index in [9.17, 15) is 0 Å². The molecule has 0 aliphatic carbocycles. The van der Waals surface area contributed by atoms with Crippen LogP contribution >= 0.6 is 11.6 Å². The second-order valence-electron chi connectivity index (χ2n) is 5.78. The summed E-state index contributed by atoms with van der Waals surface area (Å²) in [7, 11) is 2.15. The predicted octanol–water partition coefficient (Wildman–Crippen LogP) is 3.01. The van der Waals surface area contributed by atoms with Gasteiger partial charge in [0.05, 0.1) is 6.61 Å². The summed E-state index contributed by atoms with van der Waals surface area (Å²) >= 11 is 6.04. The maximum atomic E-state index is 6.04. The molecule has 0 spiro atoms. The maximum Gasteiger partial charge on any atom is 0.0506 e. The van der Waals surface area contributed by atoms with Crippen molar-refractivity contribution in [2.24, 2.45) is 11.7 Å². The zero-order valence-electron chi connectivity index (χ0n) is 12.4. The molecule has 1 saturated heterocycles. The van der Waals surface area contributed by atoms with Gasteiger partial charge in [-0.15, -0.1) is 0 Å². The Balaban J connectivity index is 2.06. The van der Waals surface area contributed by atoms with E-state index >= 15 is 0 Å². The van der Waals surface area contributed by atoms with Crippen LogP contribution in [-0.2, 0) is 4.74 Å². The fourth-order valence-corrected chi connectivity index (χ4v) is 3.27. The maximum absolute atomic E-state index is 6.04. The molecular weight excluding hydrogens is 272 g/mol. The molecule has 2 atom stereocenters. The van der Waals surface area contributed by atoms with Crippen molar-refractivity contribution in [2.75, 3.05) is 33.4 Å². The summed E-state index contributed by atoms with van der Waals surface area (Å²) in [6.07, 6.45) is 2.42. The Bertz CT molecular complexity index is 432. The molecule has 0 amide bonds. The first-order valence-electron chi connectivity index (χ1n) is 7.36. The van der Waals surface area contributed by atoms with Crippen molar-refractivity contribution in [2.45, 2.75) is 25.8 Å². The Morgan fingerprint density at radius 3 is 2.90 bits per heavy atom. The number of hydrogen-bond acceptors (Lipinski definition) is 3. The molecule has 0 radical (unpaired) electrons. The summed E-state index contributed by atoms with van der Waals surface area (Å²) in [6, 6.07) is 6.30. The van der Waals surface area contributed by atoms with Gasteiger partial charge in [-0.3, -0.25) is 4.90 Å². The summed E-state index contributed by atoms with van der Waals surface area (Å²) in [5.41, 5.74) is 8.49. The number of hydrogen-bond donors (Lipinski definition) is 1. The van der Waals surface area contributed by atoms with Gasteiger partial charge in [-0.25, -0.2) is 0 Å². The third-order valence-electron chi connectivity index (χ3n) is 4.15. The first kappa shape index (κ1) is 15.8. The average Bonchev–Trinajstić information content (AvgIpc) is 2.43. The van der Waals surface area contributed by atoms with Gasteiger partial charge in [-0.05, 0) is 56.0 Å². The molecule has 4 heteroatoms. The molecule has 1 aromatic rings. The second kappa shape index (κ2) is 7.41. The Morgan fingerprint density at radius 1 is 1.50 bits per heavy atom. The molecule has 1 aliphatic heterocycles. The SMILES string of the molecule is Cc1cc(Cl)ccc1C(CN)N(C)CC1CCCOC1. The molecular formula is C16H25ClN2O. The van der Waals surface area contributed by atoms with Crippen molar-refractivity contribution < 1.29 is 4.74 Å². The van der Waals surface area contributed by atoms with E-state index in [0.717, 1.165) is 24.8 Å². The smallest absolute Gasteiger partial charge is 0.0506 e. The molecule has 0 aromatic heterocycles. The van der Waals surface area contributed by atoms with E-state index in [-0.39, 0.29) is 6.04 Å². The van der Waals surface area contributed by atoms with Crippen LogP contribution in [0, 0.1) is 12.8 Å². The minimum atomic E-state index is 0.245. The van der Waals surface area contributed by atoms with Gasteiger partial charge in [0.25, 0.3) is 0 Å². The van der Waals surface area contributed by atoms with Crippen molar-refractivity contribution >= 4 is 11.6 Å². The summed E-state index contributed by atoms with van der Waals surface area (Å²) in [4.78, 5) is 2.36. The van der Waals surface area contributed by atoms with Crippen molar-refractivity contribution in [3.8, 4) is 0 Å². The zero-order chi connectivity index (χ0) is 14.5. The van der Waals surface area contributed by atoms with Crippen molar-refractivity contribution in [1.82, 2.24) is 4.90 Å². The van der Waals surface area contributed by atoms with Gasteiger partial charge in [0.15, 0.2) is 0 Å². The highest BCUT2D eigenvalue weighted by Gasteiger charge is 2.22. The van der Waals surface area contributed by atoms with E-state index in [2.05, 4.69) is 24.9 Å². The van der Waals surface area contributed by atoms with Crippen molar-refractivity contribution in [3.05, 3.63) is 34.3 Å². The largest absolute Gasteiger partial charge is 0.381 e. The number of halogens is 1. The Hall–Kier alpha value is -0.610. The normalized spacial score (nSPS) is 21.1. The number of ether oxygens (including phenoxy) is 1. The molecule has 1 fully saturated rings. The van der Waals surface area contributed by atoms with Gasteiger partial charge in [-0.2, -0.15) is 0 Å². The average molecular weight is 297 g/mol. The highest BCUT2D eigenvalue weighted by molar-refractivity contribution is 6.30. The van der Waals surface area contributed by atoms with Crippen LogP contribution in [0.3, 0.4) is 0 Å². The highest BCUT2D eigenvalue weighted by Crippen LogP contribution is 2.26. The van der Waals surface area contributed by atoms with Gasteiger partial charge in [0.2, 0.25) is 0 Å². The van der Waals surface area contributed by atoms with Crippen LogP contribution in [0.15, 0.2) is 18.2 Å². The molecule has 112 valence electrons. The topological polar surface area (TPSA) is 38.5 Å². The molecule has 1 heterocycles. The number of nitrogens with two attached hydrogens (primary N) is 1. The monoisotopic (exact) mass is 296 g/mol. The fourth-order valence-electron chi connectivity index (χ4n) is 3.04. The van der Waals surface area contributed by atoms with E-state index in [1.54, 1.807) is 0 Å². The number of nitrogens with zero attached hydrogens (tertiary/aromatic N) is 1. The number of aryl methyl sites for hydroxylation is 1. The van der Waals surface area contributed by atoms with Crippen molar-refractivity contribution in [3.63, 3.8) is 0 Å². The molecule has 2 rings (SSSR count). The molecule has 20 heavy (non-hydrogen) atoms. The second-order valence-corrected chi connectivity index (χ2v) is 6.21. The molecule has 2 N–H and O–H groups in total. The van der Waals surface area contributed by atoms with E-state index in [1.165, 1.54) is 24.0 Å². The minimum absolute atomic E-state index is 0.245. The molecule has 0 saturated carbocycles. The first-order valence-corrected chi connectivity index (χ1v) is 7.73. The fraction of sp³-hybridized carbons (Fsp3) is 0.625. The summed E-state index contributed by atoms with van der Waals surface area (Å²) in [6.45, 7) is 5.54. The Labute approximate surface area is 127 Å². The van der Waals surface area contributed by atoms with E-state index in [0.29, 0.717) is 12.5 Å². The van der Waals surface area contributed by atoms with E-state index in [4.69, 9.17) is 22.1 Å². The molecule has 1 aliphatic rings. The first-order chi connectivity index (χ1) is 9.61. The van der Waals surface area contributed by atoms with Crippen LogP contribution < -0.4 is 5.73 Å². The van der Waals surface area contributed by atoms with Gasteiger partial charge >= 0.3 is 0 Å². The quantitative estimate of drug-likeness (QED) is 0.908. The minimum Gasteiger partial charge on any atom is -0.381 e.